The van der Waals surface area contributed by atoms with Crippen molar-refractivity contribution in [2.24, 2.45) is 0 Å². The van der Waals surface area contributed by atoms with Gasteiger partial charge in [-0.3, -0.25) is 4.79 Å². The van der Waals surface area contributed by atoms with Crippen LogP contribution in [0, 0.1) is 6.92 Å². The van der Waals surface area contributed by atoms with Gasteiger partial charge >= 0.3 is 0 Å². The fourth-order valence-corrected chi connectivity index (χ4v) is 2.81. The standard InChI is InChI=1S/C14H17N3O.C2H6.H2/c1-10-8-16-17-9-11(4-5-12(10)17)14(6-3-7-14)13(18)15-2;1-2;/h4-5,8-9H,3,6-7H2,1-2H3,(H,15,18);1-2H3;1H. The first kappa shape index (κ1) is 14.6. The minimum atomic E-state index is -0.331. The summed E-state index contributed by atoms with van der Waals surface area (Å²) in [5.74, 6) is 0.122. The molecule has 2 aromatic rings. The van der Waals surface area contributed by atoms with Crippen LogP contribution >= 0.6 is 0 Å². The van der Waals surface area contributed by atoms with Gasteiger partial charge in [0.2, 0.25) is 5.91 Å². The van der Waals surface area contributed by atoms with Crippen molar-refractivity contribution in [1.29, 1.82) is 0 Å². The molecule has 20 heavy (non-hydrogen) atoms. The van der Waals surface area contributed by atoms with Gasteiger partial charge < -0.3 is 5.32 Å². The summed E-state index contributed by atoms with van der Waals surface area (Å²) in [6.07, 6.45) is 6.82. The zero-order valence-corrected chi connectivity index (χ0v) is 12.7. The van der Waals surface area contributed by atoms with Gasteiger partial charge in [-0.25, -0.2) is 4.52 Å². The van der Waals surface area contributed by atoms with Gasteiger partial charge in [-0.15, -0.1) is 0 Å². The Labute approximate surface area is 121 Å². The molecule has 1 N–H and O–H groups in total. The first-order chi connectivity index (χ1) is 9.67. The van der Waals surface area contributed by atoms with Gasteiger partial charge in [-0.05, 0) is 37.0 Å². The number of carbonyl (C=O) groups excluding carboxylic acids is 1. The van der Waals surface area contributed by atoms with Crippen molar-refractivity contribution in [1.82, 2.24) is 14.9 Å². The summed E-state index contributed by atoms with van der Waals surface area (Å²) in [5.41, 5.74) is 3.00. The van der Waals surface area contributed by atoms with Crippen molar-refractivity contribution in [3.05, 3.63) is 35.7 Å². The highest BCUT2D eigenvalue weighted by Gasteiger charge is 2.45. The van der Waals surface area contributed by atoms with E-state index in [9.17, 15) is 4.79 Å². The molecule has 2 heterocycles. The Bertz CT molecular complexity index is 617. The Morgan fingerprint density at radius 1 is 1.40 bits per heavy atom. The maximum atomic E-state index is 12.1. The molecule has 1 saturated carbocycles. The third-order valence-corrected chi connectivity index (χ3v) is 4.13. The van der Waals surface area contributed by atoms with Crippen LogP contribution in [0.3, 0.4) is 0 Å². The maximum Gasteiger partial charge on any atom is 0.230 e. The van der Waals surface area contributed by atoms with E-state index in [1.165, 1.54) is 0 Å². The van der Waals surface area contributed by atoms with Crippen LogP contribution in [0.25, 0.3) is 5.52 Å². The molecule has 4 nitrogen and oxygen atoms in total. The van der Waals surface area contributed by atoms with Crippen LogP contribution in [-0.2, 0) is 10.2 Å². The second-order valence-electron chi connectivity index (χ2n) is 5.09. The molecule has 3 rings (SSSR count). The van der Waals surface area contributed by atoms with Crippen LogP contribution in [0.1, 0.15) is 45.7 Å². The summed E-state index contributed by atoms with van der Waals surface area (Å²) < 4.78 is 1.87. The first-order valence-corrected chi connectivity index (χ1v) is 7.34. The highest BCUT2D eigenvalue weighted by molar-refractivity contribution is 5.89. The van der Waals surface area contributed by atoms with Gasteiger partial charge in [0.25, 0.3) is 0 Å². The molecular formula is C16H25N3O. The largest absolute Gasteiger partial charge is 0.358 e. The normalized spacial score (nSPS) is 16.0. The summed E-state index contributed by atoms with van der Waals surface area (Å²) in [6, 6.07) is 4.12. The van der Waals surface area contributed by atoms with Crippen molar-refractivity contribution in [3.8, 4) is 0 Å². The average Bonchev–Trinajstić information content (AvgIpc) is 2.81. The van der Waals surface area contributed by atoms with E-state index < -0.39 is 0 Å². The molecule has 1 aliphatic rings. The lowest BCUT2D eigenvalue weighted by molar-refractivity contribution is -0.129. The number of hydrogen-bond donors (Lipinski definition) is 1. The highest BCUT2D eigenvalue weighted by Crippen LogP contribution is 2.43. The van der Waals surface area contributed by atoms with Crippen molar-refractivity contribution in [2.45, 2.75) is 45.4 Å². The lowest BCUT2D eigenvalue weighted by Crippen LogP contribution is -2.48. The molecule has 110 valence electrons. The smallest absolute Gasteiger partial charge is 0.230 e. The third kappa shape index (κ3) is 2.09. The topological polar surface area (TPSA) is 46.4 Å². The number of rotatable bonds is 2. The number of pyridine rings is 1. The van der Waals surface area contributed by atoms with Gasteiger partial charge in [0, 0.05) is 14.7 Å². The molecule has 1 fully saturated rings. The minimum Gasteiger partial charge on any atom is -0.358 e. The number of aromatic nitrogens is 2. The van der Waals surface area contributed by atoms with Gasteiger partial charge in [0.1, 0.15) is 0 Å². The lowest BCUT2D eigenvalue weighted by atomic mass is 9.64. The van der Waals surface area contributed by atoms with Gasteiger partial charge in [-0.2, -0.15) is 5.10 Å². The second kappa shape index (κ2) is 5.65. The molecule has 1 amide bonds. The number of nitrogens with one attached hydrogen (secondary N) is 1. The van der Waals surface area contributed by atoms with E-state index in [0.717, 1.165) is 35.9 Å². The zero-order chi connectivity index (χ0) is 14.8. The minimum absolute atomic E-state index is 0. The molecule has 4 heteroatoms. The van der Waals surface area contributed by atoms with E-state index in [1.54, 1.807) is 7.05 Å². The van der Waals surface area contributed by atoms with Crippen molar-refractivity contribution in [3.63, 3.8) is 0 Å². The van der Waals surface area contributed by atoms with E-state index in [-0.39, 0.29) is 12.7 Å². The van der Waals surface area contributed by atoms with Gasteiger partial charge in [0.15, 0.2) is 0 Å². The number of carbonyl (C=O) groups is 1. The van der Waals surface area contributed by atoms with Crippen LogP contribution in [0.4, 0.5) is 0 Å². The van der Waals surface area contributed by atoms with Crippen molar-refractivity contribution >= 4 is 11.4 Å². The Morgan fingerprint density at radius 2 is 2.10 bits per heavy atom. The molecule has 0 aliphatic heterocycles. The summed E-state index contributed by atoms with van der Waals surface area (Å²) in [5, 5.41) is 7.11. The van der Waals surface area contributed by atoms with Crippen LogP contribution in [0.5, 0.6) is 0 Å². The number of amides is 1. The Balaban J connectivity index is 0.000000706. The van der Waals surface area contributed by atoms with Crippen molar-refractivity contribution in [2.75, 3.05) is 7.05 Å². The monoisotopic (exact) mass is 275 g/mol. The average molecular weight is 275 g/mol. The predicted molar refractivity (Wildman–Crippen MR) is 83.0 cm³/mol. The number of fused-ring (bicyclic) bond motifs is 1. The summed E-state index contributed by atoms with van der Waals surface area (Å²) in [4.78, 5) is 12.1. The molecule has 0 spiro atoms. The van der Waals surface area contributed by atoms with Crippen LogP contribution in [-0.4, -0.2) is 22.6 Å². The van der Waals surface area contributed by atoms with Gasteiger partial charge in [-0.1, -0.05) is 26.3 Å². The second-order valence-corrected chi connectivity index (χ2v) is 5.09. The Kier molecular flexibility index (Phi) is 4.12. The Morgan fingerprint density at radius 3 is 2.65 bits per heavy atom. The number of hydrogen-bond acceptors (Lipinski definition) is 2. The van der Waals surface area contributed by atoms with E-state index >= 15 is 0 Å². The molecule has 0 bridgehead atoms. The highest BCUT2D eigenvalue weighted by atomic mass is 16.2. The quantitative estimate of drug-likeness (QED) is 0.915. The van der Waals surface area contributed by atoms with Crippen LogP contribution in [0.2, 0.25) is 0 Å². The summed E-state index contributed by atoms with van der Waals surface area (Å²) >= 11 is 0. The van der Waals surface area contributed by atoms with Crippen molar-refractivity contribution < 1.29 is 6.22 Å². The van der Waals surface area contributed by atoms with Crippen LogP contribution < -0.4 is 5.32 Å². The fraction of sp³-hybridized carbons (Fsp3) is 0.500. The van der Waals surface area contributed by atoms with E-state index in [2.05, 4.69) is 22.5 Å². The third-order valence-electron chi connectivity index (χ3n) is 4.13. The summed E-state index contributed by atoms with van der Waals surface area (Å²) in [7, 11) is 1.71. The maximum absolute atomic E-state index is 12.1. The van der Waals surface area contributed by atoms with E-state index in [4.69, 9.17) is 0 Å². The number of nitrogens with zero attached hydrogens (tertiary/aromatic N) is 2. The van der Waals surface area contributed by atoms with Gasteiger partial charge in [0.05, 0.1) is 17.1 Å². The number of likely N-dealkylation sites (N-methyl/N-ethyl adjacent to an activating group) is 1. The Hall–Kier alpha value is -1.84. The first-order valence-electron chi connectivity index (χ1n) is 7.34. The SMILES string of the molecule is CC.CNC(=O)C1(c2ccc3c(C)cnn3c2)CCC1.[HH]. The summed E-state index contributed by atoms with van der Waals surface area (Å²) in [6.45, 7) is 6.04. The molecule has 2 aromatic heterocycles. The molecule has 0 unspecified atom stereocenters. The molecule has 0 saturated heterocycles. The molecule has 0 radical (unpaired) electrons. The van der Waals surface area contributed by atoms with E-state index in [0.29, 0.717) is 0 Å². The number of aryl methyl sites for hydroxylation is 1. The molecule has 1 aliphatic carbocycles. The molecule has 0 atom stereocenters. The lowest BCUT2D eigenvalue weighted by Gasteiger charge is -2.40. The predicted octanol–water partition coefficient (Wildman–Crippen LogP) is 3.08. The molecular weight excluding hydrogens is 250 g/mol. The zero-order valence-electron chi connectivity index (χ0n) is 12.7. The van der Waals surface area contributed by atoms with E-state index in [1.807, 2.05) is 37.7 Å². The van der Waals surface area contributed by atoms with Crippen LogP contribution in [0.15, 0.2) is 24.5 Å². The fourth-order valence-electron chi connectivity index (χ4n) is 2.81. The molecule has 0 aromatic carbocycles.